The van der Waals surface area contributed by atoms with Crippen molar-refractivity contribution < 1.29 is 5.11 Å². The van der Waals surface area contributed by atoms with Crippen LogP contribution in [0.5, 0.6) is 0 Å². The molecule has 0 spiro atoms. The highest BCUT2D eigenvalue weighted by Crippen LogP contribution is 2.24. The van der Waals surface area contributed by atoms with Gasteiger partial charge in [0.25, 0.3) is 0 Å². The summed E-state index contributed by atoms with van der Waals surface area (Å²) < 4.78 is 0. The highest BCUT2D eigenvalue weighted by Gasteiger charge is 2.23. The summed E-state index contributed by atoms with van der Waals surface area (Å²) in [6.07, 6.45) is 1.82. The van der Waals surface area contributed by atoms with E-state index in [2.05, 4.69) is 15.3 Å². The van der Waals surface area contributed by atoms with E-state index in [9.17, 15) is 5.11 Å². The number of hydrogen-bond acceptors (Lipinski definition) is 5. The monoisotopic (exact) mass is 284 g/mol. The van der Waals surface area contributed by atoms with E-state index < -0.39 is 0 Å². The summed E-state index contributed by atoms with van der Waals surface area (Å²) in [7, 11) is 0. The first-order chi connectivity index (χ1) is 9.10. The third kappa shape index (κ3) is 3.79. The van der Waals surface area contributed by atoms with Gasteiger partial charge in [-0.2, -0.15) is 0 Å². The Morgan fingerprint density at radius 2 is 2.21 bits per heavy atom. The van der Waals surface area contributed by atoms with Crippen LogP contribution in [0.4, 0.5) is 5.82 Å². The Morgan fingerprint density at radius 3 is 2.79 bits per heavy atom. The molecule has 0 bridgehead atoms. The number of nitrogens with one attached hydrogen (secondary N) is 1. The molecule has 1 aliphatic heterocycles. The molecule has 1 saturated heterocycles. The van der Waals surface area contributed by atoms with Crippen molar-refractivity contribution in [3.63, 3.8) is 0 Å². The normalized spacial score (nSPS) is 19.4. The fraction of sp³-hybridized carbons (Fsp3) is 0.615. The Morgan fingerprint density at radius 1 is 1.53 bits per heavy atom. The molecule has 4 N–H and O–H groups in total. The van der Waals surface area contributed by atoms with Gasteiger partial charge < -0.3 is 10.5 Å². The first-order valence-corrected chi connectivity index (χ1v) is 7.00. The number of nitrogen functional groups attached to an aromatic ring is 1. The Labute approximate surface area is 118 Å². The Kier molecular flexibility index (Phi) is 4.99. The number of pyridine rings is 1. The van der Waals surface area contributed by atoms with Gasteiger partial charge in [0.1, 0.15) is 5.82 Å². The van der Waals surface area contributed by atoms with E-state index in [0.717, 1.165) is 38.2 Å². The minimum absolute atomic E-state index is 0.214. The number of nitrogens with zero attached hydrogens (tertiary/aromatic N) is 2. The van der Waals surface area contributed by atoms with Gasteiger partial charge >= 0.3 is 0 Å². The van der Waals surface area contributed by atoms with Gasteiger partial charge in [-0.15, -0.1) is 0 Å². The maximum Gasteiger partial charge on any atom is 0.140 e. The zero-order chi connectivity index (χ0) is 13.8. The van der Waals surface area contributed by atoms with E-state index >= 15 is 0 Å². The zero-order valence-corrected chi connectivity index (χ0v) is 11.9. The number of hydrogen-bond donors (Lipinski definition) is 3. The number of hydrazine groups is 1. The first kappa shape index (κ1) is 14.5. The van der Waals surface area contributed by atoms with E-state index in [4.69, 9.17) is 17.4 Å². The minimum Gasteiger partial charge on any atom is -0.393 e. The van der Waals surface area contributed by atoms with Gasteiger partial charge in [-0.05, 0) is 50.9 Å². The number of halogens is 1. The van der Waals surface area contributed by atoms with Crippen molar-refractivity contribution in [2.24, 2.45) is 11.8 Å². The van der Waals surface area contributed by atoms with Crippen molar-refractivity contribution >= 4 is 17.4 Å². The van der Waals surface area contributed by atoms with E-state index in [0.29, 0.717) is 16.8 Å². The van der Waals surface area contributed by atoms with Crippen molar-refractivity contribution in [3.8, 4) is 0 Å². The predicted octanol–water partition coefficient (Wildman–Crippen LogP) is 1.61. The molecule has 1 aromatic rings. The quantitative estimate of drug-likeness (QED) is 0.579. The fourth-order valence-corrected chi connectivity index (χ4v) is 2.65. The molecule has 1 atom stereocenters. The molecule has 0 saturated carbocycles. The number of aromatic nitrogens is 1. The molecule has 106 valence electrons. The van der Waals surface area contributed by atoms with Gasteiger partial charge in [-0.3, -0.25) is 4.90 Å². The van der Waals surface area contributed by atoms with E-state index in [1.54, 1.807) is 6.07 Å². The lowest BCUT2D eigenvalue weighted by Crippen LogP contribution is -2.36. The summed E-state index contributed by atoms with van der Waals surface area (Å²) in [5, 5.41) is 10.3. The molecule has 5 nitrogen and oxygen atoms in total. The summed E-state index contributed by atoms with van der Waals surface area (Å²) in [5.41, 5.74) is 3.37. The molecular weight excluding hydrogens is 264 g/mol. The first-order valence-electron chi connectivity index (χ1n) is 6.62. The van der Waals surface area contributed by atoms with Crippen LogP contribution < -0.4 is 11.3 Å². The number of likely N-dealkylation sites (tertiary alicyclic amines) is 1. The molecular formula is C13H21ClN4O. The van der Waals surface area contributed by atoms with E-state index in [-0.39, 0.29) is 6.10 Å². The highest BCUT2D eigenvalue weighted by atomic mass is 35.5. The molecule has 2 rings (SSSR count). The molecule has 0 amide bonds. The van der Waals surface area contributed by atoms with Crippen LogP contribution in [0.2, 0.25) is 5.02 Å². The van der Waals surface area contributed by atoms with Crippen LogP contribution in [0.1, 0.15) is 25.5 Å². The molecule has 6 heteroatoms. The molecule has 0 radical (unpaired) electrons. The van der Waals surface area contributed by atoms with Crippen molar-refractivity contribution in [2.75, 3.05) is 18.5 Å². The molecule has 1 aliphatic rings. The number of nitrogens with two attached hydrogens (primary N) is 1. The molecule has 1 aromatic heterocycles. The molecule has 1 fully saturated rings. The standard InChI is InChI=1S/C13H21ClN4O/c1-9(19)10-4-6-18(7-5-10)8-12-11(14)2-3-13(16-12)17-15/h2-3,9-10,19H,4-8,15H2,1H3,(H,16,17). The van der Waals surface area contributed by atoms with Crippen molar-refractivity contribution in [3.05, 3.63) is 22.8 Å². The van der Waals surface area contributed by atoms with Gasteiger partial charge in [0.05, 0.1) is 16.8 Å². The van der Waals surface area contributed by atoms with Gasteiger partial charge in [-0.1, -0.05) is 11.6 Å². The van der Waals surface area contributed by atoms with Crippen LogP contribution in [0.15, 0.2) is 12.1 Å². The second-order valence-corrected chi connectivity index (χ2v) is 5.53. The number of anilines is 1. The summed E-state index contributed by atoms with van der Waals surface area (Å²) in [4.78, 5) is 6.69. The van der Waals surface area contributed by atoms with Crippen LogP contribution in [0, 0.1) is 5.92 Å². The molecule has 0 aromatic carbocycles. The van der Waals surface area contributed by atoms with Crippen LogP contribution in [0.25, 0.3) is 0 Å². The Hall–Kier alpha value is -0.880. The highest BCUT2D eigenvalue weighted by molar-refractivity contribution is 6.31. The summed E-state index contributed by atoms with van der Waals surface area (Å²) in [6.45, 7) is 4.53. The lowest BCUT2D eigenvalue weighted by Gasteiger charge is -2.33. The molecule has 1 unspecified atom stereocenters. The van der Waals surface area contributed by atoms with Crippen LogP contribution in [0.3, 0.4) is 0 Å². The third-order valence-electron chi connectivity index (χ3n) is 3.75. The van der Waals surface area contributed by atoms with Gasteiger partial charge in [0.2, 0.25) is 0 Å². The van der Waals surface area contributed by atoms with Crippen LogP contribution in [-0.4, -0.2) is 34.2 Å². The summed E-state index contributed by atoms with van der Waals surface area (Å²) in [5.74, 6) is 6.39. The summed E-state index contributed by atoms with van der Waals surface area (Å²) in [6, 6.07) is 3.56. The number of rotatable bonds is 4. The van der Waals surface area contributed by atoms with Gasteiger partial charge in [0, 0.05) is 6.54 Å². The average Bonchev–Trinajstić information content (AvgIpc) is 2.42. The van der Waals surface area contributed by atoms with Gasteiger partial charge in [-0.25, -0.2) is 10.8 Å². The average molecular weight is 285 g/mol. The largest absolute Gasteiger partial charge is 0.393 e. The van der Waals surface area contributed by atoms with Crippen molar-refractivity contribution in [1.82, 2.24) is 9.88 Å². The minimum atomic E-state index is -0.214. The lowest BCUT2D eigenvalue weighted by atomic mass is 9.92. The van der Waals surface area contributed by atoms with Crippen LogP contribution in [-0.2, 0) is 6.54 Å². The number of aliphatic hydroxyl groups excluding tert-OH is 1. The summed E-state index contributed by atoms with van der Waals surface area (Å²) >= 11 is 6.15. The maximum atomic E-state index is 9.59. The predicted molar refractivity (Wildman–Crippen MR) is 76.7 cm³/mol. The topological polar surface area (TPSA) is 74.4 Å². The Balaban J connectivity index is 1.95. The molecule has 2 heterocycles. The number of aliphatic hydroxyl groups is 1. The third-order valence-corrected chi connectivity index (χ3v) is 4.10. The molecule has 0 aliphatic carbocycles. The fourth-order valence-electron chi connectivity index (χ4n) is 2.48. The Bertz CT molecular complexity index is 419. The van der Waals surface area contributed by atoms with E-state index in [1.807, 2.05) is 13.0 Å². The van der Waals surface area contributed by atoms with E-state index in [1.165, 1.54) is 0 Å². The second-order valence-electron chi connectivity index (χ2n) is 5.12. The van der Waals surface area contributed by atoms with Crippen molar-refractivity contribution in [1.29, 1.82) is 0 Å². The molecule has 19 heavy (non-hydrogen) atoms. The van der Waals surface area contributed by atoms with Gasteiger partial charge in [0.15, 0.2) is 0 Å². The second kappa shape index (κ2) is 6.52. The smallest absolute Gasteiger partial charge is 0.140 e. The van der Waals surface area contributed by atoms with Crippen LogP contribution >= 0.6 is 11.6 Å². The lowest BCUT2D eigenvalue weighted by molar-refractivity contribution is 0.0692. The van der Waals surface area contributed by atoms with Crippen molar-refractivity contribution in [2.45, 2.75) is 32.4 Å². The number of piperidine rings is 1. The zero-order valence-electron chi connectivity index (χ0n) is 11.1. The maximum absolute atomic E-state index is 9.59. The SMILES string of the molecule is CC(O)C1CCN(Cc2nc(NN)ccc2Cl)CC1.